The van der Waals surface area contributed by atoms with Gasteiger partial charge < -0.3 is 15.8 Å². The molecule has 1 fully saturated rings. The normalized spacial score (nSPS) is 19.9. The van der Waals surface area contributed by atoms with Crippen molar-refractivity contribution in [3.63, 3.8) is 0 Å². The van der Waals surface area contributed by atoms with Crippen molar-refractivity contribution in [1.82, 2.24) is 0 Å². The molecule has 3 N–H and O–H groups in total. The van der Waals surface area contributed by atoms with Crippen LogP contribution < -0.4 is 11.1 Å². The first-order valence-corrected chi connectivity index (χ1v) is 6.74. The van der Waals surface area contributed by atoms with Crippen molar-refractivity contribution in [2.45, 2.75) is 25.4 Å². The Bertz CT molecular complexity index is 351. The molecule has 1 heterocycles. The summed E-state index contributed by atoms with van der Waals surface area (Å²) in [4.78, 5) is 0. The van der Waals surface area contributed by atoms with Crippen LogP contribution in [-0.4, -0.2) is 19.3 Å². The highest BCUT2D eigenvalue weighted by Crippen LogP contribution is 2.21. The second-order valence-corrected chi connectivity index (χ2v) is 5.25. The maximum atomic E-state index is 5.70. The highest BCUT2D eigenvalue weighted by molar-refractivity contribution is 14.1. The van der Waals surface area contributed by atoms with Crippen molar-refractivity contribution < 1.29 is 4.74 Å². The number of hydrogen-bond donors (Lipinski definition) is 2. The Hall–Kier alpha value is -0.490. The van der Waals surface area contributed by atoms with E-state index in [4.69, 9.17) is 10.5 Å². The van der Waals surface area contributed by atoms with Crippen molar-refractivity contribution in [1.29, 1.82) is 0 Å². The van der Waals surface area contributed by atoms with Crippen LogP contribution in [0.5, 0.6) is 0 Å². The van der Waals surface area contributed by atoms with E-state index in [1.807, 2.05) is 18.2 Å². The number of nitrogen functional groups attached to an aromatic ring is 1. The van der Waals surface area contributed by atoms with Crippen molar-refractivity contribution in [3.05, 3.63) is 21.8 Å². The smallest absolute Gasteiger partial charge is 0.0592 e. The molecule has 0 aromatic heterocycles. The van der Waals surface area contributed by atoms with Gasteiger partial charge in [-0.05, 0) is 60.1 Å². The van der Waals surface area contributed by atoms with Gasteiger partial charge in [0.1, 0.15) is 0 Å². The Morgan fingerprint density at radius 3 is 3.06 bits per heavy atom. The Balaban J connectivity index is 1.80. The van der Waals surface area contributed by atoms with E-state index in [-0.39, 0.29) is 0 Å². The summed E-state index contributed by atoms with van der Waals surface area (Å²) in [5, 5.41) is 3.42. The zero-order valence-electron chi connectivity index (χ0n) is 9.21. The van der Waals surface area contributed by atoms with Gasteiger partial charge in [0.25, 0.3) is 0 Å². The largest absolute Gasteiger partial charge is 0.399 e. The number of benzene rings is 1. The van der Waals surface area contributed by atoms with Gasteiger partial charge in [0.05, 0.1) is 6.10 Å². The van der Waals surface area contributed by atoms with E-state index >= 15 is 0 Å². The molecule has 2 rings (SSSR count). The molecular formula is C12H17IN2O. The molecule has 1 saturated heterocycles. The quantitative estimate of drug-likeness (QED) is 0.658. The summed E-state index contributed by atoms with van der Waals surface area (Å²) in [5.74, 6) is 0. The zero-order valence-corrected chi connectivity index (χ0v) is 11.4. The molecule has 1 aliphatic rings. The fraction of sp³-hybridized carbons (Fsp3) is 0.500. The van der Waals surface area contributed by atoms with E-state index in [1.54, 1.807) is 0 Å². The van der Waals surface area contributed by atoms with Crippen LogP contribution in [0.3, 0.4) is 0 Å². The van der Waals surface area contributed by atoms with E-state index in [0.717, 1.165) is 30.9 Å². The van der Waals surface area contributed by atoms with Crippen LogP contribution >= 0.6 is 22.6 Å². The maximum absolute atomic E-state index is 5.70. The van der Waals surface area contributed by atoms with Crippen LogP contribution in [0.25, 0.3) is 0 Å². The minimum atomic E-state index is 0.457. The van der Waals surface area contributed by atoms with E-state index in [1.165, 1.54) is 16.4 Å². The Morgan fingerprint density at radius 2 is 2.38 bits per heavy atom. The van der Waals surface area contributed by atoms with Crippen LogP contribution in [0.15, 0.2) is 18.2 Å². The first-order chi connectivity index (χ1) is 7.75. The van der Waals surface area contributed by atoms with Crippen molar-refractivity contribution >= 4 is 34.0 Å². The Morgan fingerprint density at radius 1 is 1.50 bits per heavy atom. The minimum absolute atomic E-state index is 0.457. The van der Waals surface area contributed by atoms with Gasteiger partial charge in [-0.1, -0.05) is 0 Å². The summed E-state index contributed by atoms with van der Waals surface area (Å²) < 4.78 is 6.75. The van der Waals surface area contributed by atoms with Gasteiger partial charge in [-0.25, -0.2) is 0 Å². The summed E-state index contributed by atoms with van der Waals surface area (Å²) in [6, 6.07) is 5.94. The van der Waals surface area contributed by atoms with E-state index in [9.17, 15) is 0 Å². The maximum Gasteiger partial charge on any atom is 0.0592 e. The molecule has 4 heteroatoms. The molecule has 1 unspecified atom stereocenters. The molecule has 1 aliphatic heterocycles. The molecule has 1 atom stereocenters. The number of halogens is 1. The van der Waals surface area contributed by atoms with Gasteiger partial charge in [-0.15, -0.1) is 0 Å². The van der Waals surface area contributed by atoms with Gasteiger partial charge in [-0.3, -0.25) is 0 Å². The third kappa shape index (κ3) is 3.25. The molecule has 3 nitrogen and oxygen atoms in total. The molecule has 0 spiro atoms. The van der Waals surface area contributed by atoms with Crippen molar-refractivity contribution in [2.75, 3.05) is 24.2 Å². The number of hydrogen-bond acceptors (Lipinski definition) is 3. The minimum Gasteiger partial charge on any atom is -0.399 e. The van der Waals surface area contributed by atoms with Gasteiger partial charge in [0, 0.05) is 28.1 Å². The summed E-state index contributed by atoms with van der Waals surface area (Å²) in [6.45, 7) is 1.90. The Kier molecular flexibility index (Phi) is 4.29. The van der Waals surface area contributed by atoms with Crippen LogP contribution in [0, 0.1) is 3.57 Å². The number of rotatable bonds is 4. The molecular weight excluding hydrogens is 315 g/mol. The van der Waals surface area contributed by atoms with Gasteiger partial charge in [-0.2, -0.15) is 0 Å². The highest BCUT2D eigenvalue weighted by atomic mass is 127. The summed E-state index contributed by atoms with van der Waals surface area (Å²) in [6.07, 6.45) is 3.96. The fourth-order valence-electron chi connectivity index (χ4n) is 1.91. The molecule has 88 valence electrons. The predicted octanol–water partition coefficient (Wildman–Crippen LogP) is 2.85. The van der Waals surface area contributed by atoms with Gasteiger partial charge in [0.15, 0.2) is 0 Å². The number of anilines is 2. The summed E-state index contributed by atoms with van der Waals surface area (Å²) in [7, 11) is 0. The van der Waals surface area contributed by atoms with E-state index in [0.29, 0.717) is 6.10 Å². The Labute approximate surface area is 110 Å². The monoisotopic (exact) mass is 332 g/mol. The zero-order chi connectivity index (χ0) is 11.4. The summed E-state index contributed by atoms with van der Waals surface area (Å²) >= 11 is 2.30. The van der Waals surface area contributed by atoms with Crippen molar-refractivity contribution in [3.8, 4) is 0 Å². The molecule has 16 heavy (non-hydrogen) atoms. The predicted molar refractivity (Wildman–Crippen MR) is 75.7 cm³/mol. The number of ether oxygens (including phenoxy) is 1. The van der Waals surface area contributed by atoms with Crippen molar-refractivity contribution in [2.24, 2.45) is 0 Å². The van der Waals surface area contributed by atoms with Crippen LogP contribution in [0.2, 0.25) is 0 Å². The van der Waals surface area contributed by atoms with Crippen LogP contribution in [0.4, 0.5) is 11.4 Å². The van der Waals surface area contributed by atoms with Crippen LogP contribution in [-0.2, 0) is 4.74 Å². The molecule has 0 amide bonds. The molecule has 0 bridgehead atoms. The fourth-order valence-corrected chi connectivity index (χ4v) is 2.64. The lowest BCUT2D eigenvalue weighted by atomic mass is 10.2. The average molecular weight is 332 g/mol. The topological polar surface area (TPSA) is 47.3 Å². The molecule has 0 aliphatic carbocycles. The van der Waals surface area contributed by atoms with E-state index in [2.05, 4.69) is 27.9 Å². The lowest BCUT2D eigenvalue weighted by Crippen LogP contribution is -2.12. The van der Waals surface area contributed by atoms with Gasteiger partial charge >= 0.3 is 0 Å². The number of nitrogens with two attached hydrogens (primary N) is 1. The lowest BCUT2D eigenvalue weighted by Gasteiger charge is -2.12. The highest BCUT2D eigenvalue weighted by Gasteiger charge is 2.14. The first kappa shape index (κ1) is 12.0. The molecule has 0 radical (unpaired) electrons. The molecule has 1 aromatic carbocycles. The average Bonchev–Trinajstić information content (AvgIpc) is 2.74. The number of nitrogens with one attached hydrogen (secondary N) is 1. The second-order valence-electron chi connectivity index (χ2n) is 4.09. The molecule has 1 aromatic rings. The molecule has 0 saturated carbocycles. The first-order valence-electron chi connectivity index (χ1n) is 5.66. The SMILES string of the molecule is Nc1ccc(NCCC2CCCO2)c(I)c1. The summed E-state index contributed by atoms with van der Waals surface area (Å²) in [5.41, 5.74) is 7.68. The standard InChI is InChI=1S/C12H17IN2O/c13-11-8-9(14)3-4-12(11)15-6-5-10-2-1-7-16-10/h3-4,8,10,15H,1-2,5-7,14H2. The third-order valence-corrected chi connectivity index (χ3v) is 3.69. The van der Waals surface area contributed by atoms with Gasteiger partial charge in [0.2, 0.25) is 0 Å². The van der Waals surface area contributed by atoms with E-state index < -0.39 is 0 Å². The van der Waals surface area contributed by atoms with Crippen LogP contribution in [0.1, 0.15) is 19.3 Å². The second kappa shape index (κ2) is 5.72. The lowest BCUT2D eigenvalue weighted by molar-refractivity contribution is 0.107. The third-order valence-electron chi connectivity index (χ3n) is 2.80.